The van der Waals surface area contributed by atoms with Crippen molar-refractivity contribution in [2.75, 3.05) is 5.32 Å². The van der Waals surface area contributed by atoms with E-state index in [0.29, 0.717) is 17.1 Å². The minimum atomic E-state index is -0.451. The molecular formula is C16H13FN4O. The molecule has 0 radical (unpaired) electrons. The molecule has 0 bridgehead atoms. The second-order valence-electron chi connectivity index (χ2n) is 4.75. The van der Waals surface area contributed by atoms with Crippen molar-refractivity contribution < 1.29 is 9.18 Å². The largest absolute Gasteiger partial charge is 0.321 e. The van der Waals surface area contributed by atoms with Crippen LogP contribution in [0.1, 0.15) is 16.2 Å². The lowest BCUT2D eigenvalue weighted by atomic mass is 10.2. The van der Waals surface area contributed by atoms with Crippen molar-refractivity contribution in [3.05, 3.63) is 72.3 Å². The quantitative estimate of drug-likeness (QED) is 0.808. The molecular weight excluding hydrogens is 283 g/mol. The smallest absolute Gasteiger partial charge is 0.274 e. The predicted molar refractivity (Wildman–Crippen MR) is 80.4 cm³/mol. The van der Waals surface area contributed by atoms with Gasteiger partial charge in [-0.05, 0) is 37.3 Å². The highest BCUT2D eigenvalue weighted by atomic mass is 19.1. The van der Waals surface area contributed by atoms with Gasteiger partial charge in [-0.25, -0.2) is 14.4 Å². The second-order valence-corrected chi connectivity index (χ2v) is 4.75. The number of rotatable bonds is 3. The van der Waals surface area contributed by atoms with Gasteiger partial charge in [-0.1, -0.05) is 6.07 Å². The number of aryl methyl sites for hydroxylation is 1. The molecule has 0 unspecified atom stereocenters. The topological polar surface area (TPSA) is 59.8 Å². The molecule has 1 aromatic carbocycles. The van der Waals surface area contributed by atoms with E-state index in [1.54, 1.807) is 54.2 Å². The third-order valence-corrected chi connectivity index (χ3v) is 3.11. The fraction of sp³-hybridized carbons (Fsp3) is 0.0625. The molecule has 2 heterocycles. The number of amides is 1. The summed E-state index contributed by atoms with van der Waals surface area (Å²) in [5.74, 6) is -0.827. The molecule has 1 amide bonds. The Balaban J connectivity index is 1.81. The molecule has 3 rings (SSSR count). The average molecular weight is 296 g/mol. The first-order chi connectivity index (χ1) is 10.6. The molecule has 0 atom stereocenters. The lowest BCUT2D eigenvalue weighted by Gasteiger charge is -2.08. The molecule has 5 nitrogen and oxygen atoms in total. The van der Waals surface area contributed by atoms with E-state index in [0.717, 1.165) is 5.69 Å². The van der Waals surface area contributed by atoms with E-state index in [2.05, 4.69) is 15.3 Å². The summed E-state index contributed by atoms with van der Waals surface area (Å²) in [6.07, 6.45) is 4.72. The summed E-state index contributed by atoms with van der Waals surface area (Å²) in [6.45, 7) is 1.80. The molecule has 0 spiro atoms. The average Bonchev–Trinajstić information content (AvgIpc) is 3.01. The zero-order valence-electron chi connectivity index (χ0n) is 11.8. The summed E-state index contributed by atoms with van der Waals surface area (Å²) in [7, 11) is 0. The highest BCUT2D eigenvalue weighted by molar-refractivity contribution is 6.02. The van der Waals surface area contributed by atoms with Gasteiger partial charge in [-0.3, -0.25) is 4.79 Å². The zero-order valence-corrected chi connectivity index (χ0v) is 11.8. The maximum absolute atomic E-state index is 14.1. The molecule has 0 aliphatic heterocycles. The summed E-state index contributed by atoms with van der Waals surface area (Å²) in [6, 6.07) is 9.64. The third-order valence-electron chi connectivity index (χ3n) is 3.11. The number of hydrogen-bond acceptors (Lipinski definition) is 3. The maximum atomic E-state index is 14.1. The van der Waals surface area contributed by atoms with Gasteiger partial charge in [0.1, 0.15) is 11.5 Å². The van der Waals surface area contributed by atoms with E-state index in [4.69, 9.17) is 0 Å². The van der Waals surface area contributed by atoms with Gasteiger partial charge in [0.2, 0.25) is 0 Å². The molecule has 3 aromatic rings. The third kappa shape index (κ3) is 2.85. The van der Waals surface area contributed by atoms with E-state index >= 15 is 0 Å². The van der Waals surface area contributed by atoms with Crippen LogP contribution in [0.3, 0.4) is 0 Å². The van der Waals surface area contributed by atoms with Crippen molar-refractivity contribution in [3.63, 3.8) is 0 Å². The van der Waals surface area contributed by atoms with E-state index in [1.165, 1.54) is 12.4 Å². The van der Waals surface area contributed by atoms with Crippen LogP contribution in [0.15, 0.2) is 55.1 Å². The van der Waals surface area contributed by atoms with Crippen molar-refractivity contribution >= 4 is 11.6 Å². The Morgan fingerprint density at radius 2 is 2.14 bits per heavy atom. The molecule has 110 valence electrons. The summed E-state index contributed by atoms with van der Waals surface area (Å²) in [4.78, 5) is 20.1. The number of anilines is 1. The monoisotopic (exact) mass is 296 g/mol. The van der Waals surface area contributed by atoms with Crippen LogP contribution in [-0.2, 0) is 0 Å². The first kappa shape index (κ1) is 13.9. The normalized spacial score (nSPS) is 10.5. The molecule has 0 saturated carbocycles. The highest BCUT2D eigenvalue weighted by Crippen LogP contribution is 2.18. The number of hydrogen-bond donors (Lipinski definition) is 1. The van der Waals surface area contributed by atoms with E-state index < -0.39 is 5.82 Å². The number of nitrogens with zero attached hydrogens (tertiary/aromatic N) is 3. The molecule has 22 heavy (non-hydrogen) atoms. The number of nitrogens with one attached hydrogen (secondary N) is 1. The number of halogens is 1. The predicted octanol–water partition coefficient (Wildman–Crippen LogP) is 2.97. The molecule has 0 fully saturated rings. The lowest BCUT2D eigenvalue weighted by Crippen LogP contribution is -2.14. The van der Waals surface area contributed by atoms with Crippen LogP contribution in [0.2, 0.25) is 0 Å². The van der Waals surface area contributed by atoms with Crippen LogP contribution in [0.5, 0.6) is 0 Å². The van der Waals surface area contributed by atoms with E-state index in [-0.39, 0.29) is 5.91 Å². The van der Waals surface area contributed by atoms with Gasteiger partial charge in [-0.2, -0.15) is 0 Å². The van der Waals surface area contributed by atoms with Gasteiger partial charge in [0.15, 0.2) is 0 Å². The number of carbonyl (C=O) groups is 1. The van der Waals surface area contributed by atoms with Gasteiger partial charge < -0.3 is 9.88 Å². The minimum Gasteiger partial charge on any atom is -0.321 e. The minimum absolute atomic E-state index is 0.291. The molecule has 0 saturated heterocycles. The van der Waals surface area contributed by atoms with Crippen molar-refractivity contribution in [1.29, 1.82) is 0 Å². The summed E-state index contributed by atoms with van der Waals surface area (Å²) < 4.78 is 15.7. The first-order valence-electron chi connectivity index (χ1n) is 6.66. The standard InChI is InChI=1S/C16H13FN4O/c1-11-3-2-4-14(19-11)16(22)20-12-5-6-15(13(17)9-12)21-8-7-18-10-21/h2-10H,1H3,(H,20,22). The fourth-order valence-corrected chi connectivity index (χ4v) is 2.06. The van der Waals surface area contributed by atoms with Crippen LogP contribution in [-0.4, -0.2) is 20.4 Å². The van der Waals surface area contributed by atoms with Crippen molar-refractivity contribution in [2.24, 2.45) is 0 Å². The Labute approximate surface area is 126 Å². The Hall–Kier alpha value is -3.02. The SMILES string of the molecule is Cc1cccc(C(=O)Nc2ccc(-n3ccnc3)c(F)c2)n1. The molecule has 0 aliphatic carbocycles. The fourth-order valence-electron chi connectivity index (χ4n) is 2.06. The van der Waals surface area contributed by atoms with Crippen LogP contribution < -0.4 is 5.32 Å². The summed E-state index contributed by atoms with van der Waals surface area (Å²) in [5.41, 5.74) is 1.77. The number of imidazole rings is 1. The maximum Gasteiger partial charge on any atom is 0.274 e. The van der Waals surface area contributed by atoms with Gasteiger partial charge in [0, 0.05) is 23.8 Å². The van der Waals surface area contributed by atoms with Crippen LogP contribution in [0, 0.1) is 12.7 Å². The highest BCUT2D eigenvalue weighted by Gasteiger charge is 2.10. The molecule has 2 aromatic heterocycles. The van der Waals surface area contributed by atoms with Crippen LogP contribution in [0.4, 0.5) is 10.1 Å². The molecule has 6 heteroatoms. The summed E-state index contributed by atoms with van der Waals surface area (Å²) >= 11 is 0. The van der Waals surface area contributed by atoms with E-state index in [9.17, 15) is 9.18 Å². The first-order valence-corrected chi connectivity index (χ1v) is 6.66. The van der Waals surface area contributed by atoms with Crippen molar-refractivity contribution in [2.45, 2.75) is 6.92 Å². The Bertz CT molecular complexity index is 815. The van der Waals surface area contributed by atoms with Crippen LogP contribution in [0.25, 0.3) is 5.69 Å². The zero-order chi connectivity index (χ0) is 15.5. The summed E-state index contributed by atoms with van der Waals surface area (Å²) in [5, 5.41) is 2.63. The Kier molecular flexibility index (Phi) is 3.65. The number of aromatic nitrogens is 3. The molecule has 1 N–H and O–H groups in total. The second kappa shape index (κ2) is 5.77. The van der Waals surface area contributed by atoms with Crippen LogP contribution >= 0.6 is 0 Å². The number of carbonyl (C=O) groups excluding carboxylic acids is 1. The van der Waals surface area contributed by atoms with Gasteiger partial charge >= 0.3 is 0 Å². The Morgan fingerprint density at radius 3 is 2.82 bits per heavy atom. The number of pyridine rings is 1. The van der Waals surface area contributed by atoms with Crippen molar-refractivity contribution in [3.8, 4) is 5.69 Å². The van der Waals surface area contributed by atoms with Gasteiger partial charge in [0.25, 0.3) is 5.91 Å². The number of benzene rings is 1. The van der Waals surface area contributed by atoms with Gasteiger partial charge in [-0.15, -0.1) is 0 Å². The van der Waals surface area contributed by atoms with Crippen molar-refractivity contribution in [1.82, 2.24) is 14.5 Å². The Morgan fingerprint density at radius 1 is 1.27 bits per heavy atom. The lowest BCUT2D eigenvalue weighted by molar-refractivity contribution is 0.102. The van der Waals surface area contributed by atoms with Gasteiger partial charge in [0.05, 0.1) is 12.0 Å². The molecule has 0 aliphatic rings. The van der Waals surface area contributed by atoms with E-state index in [1.807, 2.05) is 0 Å².